The van der Waals surface area contributed by atoms with Crippen molar-refractivity contribution in [3.63, 3.8) is 0 Å². The first-order valence-electron chi connectivity index (χ1n) is 11.3. The first-order valence-corrected chi connectivity index (χ1v) is 11.3. The van der Waals surface area contributed by atoms with Crippen molar-refractivity contribution < 1.29 is 18.4 Å². The molecular weight excluding hydrogens is 384 g/mol. The van der Waals surface area contributed by atoms with Crippen molar-refractivity contribution in [2.24, 2.45) is 39.5 Å². The van der Waals surface area contributed by atoms with E-state index in [2.05, 4.69) is 13.8 Å². The van der Waals surface area contributed by atoms with Crippen molar-refractivity contribution in [1.29, 1.82) is 0 Å². The lowest BCUT2D eigenvalue weighted by atomic mass is 9.49. The molecule has 0 bridgehead atoms. The molecule has 4 aliphatic rings. The molecular formula is C25H29F2NO2. The highest BCUT2D eigenvalue weighted by Crippen LogP contribution is 2.64. The smallest absolute Gasteiger partial charge is 0.172 e. The van der Waals surface area contributed by atoms with E-state index in [0.29, 0.717) is 42.8 Å². The topological polar surface area (TPSA) is 46.5 Å². The fourth-order valence-electron chi connectivity index (χ4n) is 7.54. The minimum atomic E-state index is -0.757. The second kappa shape index (κ2) is 6.80. The van der Waals surface area contributed by atoms with Gasteiger partial charge in [0.05, 0.1) is 5.56 Å². The van der Waals surface area contributed by atoms with Gasteiger partial charge < -0.3 is 0 Å². The highest BCUT2D eigenvalue weighted by atomic mass is 19.1. The van der Waals surface area contributed by atoms with Crippen LogP contribution in [0.15, 0.2) is 23.2 Å². The van der Waals surface area contributed by atoms with Crippen molar-refractivity contribution >= 4 is 17.3 Å². The third kappa shape index (κ3) is 2.69. The van der Waals surface area contributed by atoms with Gasteiger partial charge in [-0.25, -0.2) is 8.78 Å². The van der Waals surface area contributed by atoms with E-state index in [1.807, 2.05) is 0 Å². The Morgan fingerprint density at radius 2 is 1.80 bits per heavy atom. The van der Waals surface area contributed by atoms with E-state index < -0.39 is 11.6 Å². The number of Topliss-reactive ketones (excluding diaryl/α,β-unsaturated/α-hetero) is 2. The first-order chi connectivity index (χ1) is 14.3. The molecule has 0 aromatic heterocycles. The molecule has 3 nitrogen and oxygen atoms in total. The van der Waals surface area contributed by atoms with Crippen LogP contribution < -0.4 is 0 Å². The molecule has 1 aromatic carbocycles. The predicted octanol–water partition coefficient (Wildman–Crippen LogP) is 5.42. The number of carbonyl (C=O) groups is 2. The van der Waals surface area contributed by atoms with Crippen molar-refractivity contribution in [3.05, 3.63) is 35.4 Å². The van der Waals surface area contributed by atoms with Gasteiger partial charge in [-0.2, -0.15) is 0 Å². The van der Waals surface area contributed by atoms with Crippen molar-refractivity contribution in [2.45, 2.75) is 58.8 Å². The van der Waals surface area contributed by atoms with Gasteiger partial charge in [0.2, 0.25) is 0 Å². The number of ketones is 2. The Morgan fingerprint density at radius 1 is 1.07 bits per heavy atom. The van der Waals surface area contributed by atoms with E-state index in [1.54, 1.807) is 0 Å². The zero-order chi connectivity index (χ0) is 21.3. The van der Waals surface area contributed by atoms with E-state index in [9.17, 15) is 18.4 Å². The first kappa shape index (κ1) is 20.0. The van der Waals surface area contributed by atoms with Gasteiger partial charge in [-0.15, -0.1) is 0 Å². The van der Waals surface area contributed by atoms with Crippen LogP contribution >= 0.6 is 0 Å². The zero-order valence-corrected chi connectivity index (χ0v) is 17.7. The van der Waals surface area contributed by atoms with Gasteiger partial charge >= 0.3 is 0 Å². The Bertz CT molecular complexity index is 936. The van der Waals surface area contributed by atoms with Crippen LogP contribution in [-0.4, -0.2) is 23.8 Å². The number of hydrogen-bond donors (Lipinski definition) is 0. The third-order valence-electron chi connectivity index (χ3n) is 9.22. The van der Waals surface area contributed by atoms with Gasteiger partial charge in [-0.1, -0.05) is 19.9 Å². The summed E-state index contributed by atoms with van der Waals surface area (Å²) in [5, 5.41) is 0. The number of rotatable bonds is 2. The molecule has 3 aliphatic carbocycles. The number of halogens is 2. The molecule has 1 heterocycles. The van der Waals surface area contributed by atoms with Crippen LogP contribution in [0.2, 0.25) is 0 Å². The van der Waals surface area contributed by atoms with Gasteiger partial charge in [0, 0.05) is 36.4 Å². The van der Waals surface area contributed by atoms with Gasteiger partial charge in [0.15, 0.2) is 5.78 Å². The number of fused-ring (bicyclic) bond motifs is 5. The average molecular weight is 414 g/mol. The van der Waals surface area contributed by atoms with E-state index in [-0.39, 0.29) is 28.1 Å². The Morgan fingerprint density at radius 3 is 2.53 bits per heavy atom. The summed E-state index contributed by atoms with van der Waals surface area (Å²) in [5.41, 5.74) is 0.453. The van der Waals surface area contributed by atoms with Crippen LogP contribution in [0.4, 0.5) is 8.78 Å². The summed E-state index contributed by atoms with van der Waals surface area (Å²) in [7, 11) is 0. The number of aliphatic imine (C=N–C) groups is 1. The molecule has 0 amide bonds. The summed E-state index contributed by atoms with van der Waals surface area (Å²) in [6, 6.07) is 3.65. The third-order valence-corrected chi connectivity index (χ3v) is 9.22. The lowest BCUT2D eigenvalue weighted by Crippen LogP contribution is -2.54. The Labute approximate surface area is 176 Å². The molecule has 0 radical (unpaired) electrons. The molecule has 0 N–H and O–H groups in total. The normalized spacial score (nSPS) is 40.3. The zero-order valence-electron chi connectivity index (χ0n) is 17.7. The fraction of sp³-hybridized carbons (Fsp3) is 0.640. The average Bonchev–Trinajstić information content (AvgIpc) is 3.05. The number of nitrogens with zero attached hydrogens (tertiary/aromatic N) is 1. The lowest BCUT2D eigenvalue weighted by Gasteiger charge is -2.56. The quantitative estimate of drug-likeness (QED) is 0.608. The van der Waals surface area contributed by atoms with E-state index in [4.69, 9.17) is 4.99 Å². The minimum absolute atomic E-state index is 0.0160. The predicted molar refractivity (Wildman–Crippen MR) is 110 cm³/mol. The Balaban J connectivity index is 1.46. The number of carbonyl (C=O) groups excluding carboxylic acids is 2. The SMILES string of the molecule is C[C@]12CCC(=O)CC1=NCC1C2CC[C@@]2(C)C1CC[C@@H]2C(=O)c1c(F)cccc1F. The molecule has 1 aromatic rings. The largest absolute Gasteiger partial charge is 0.299 e. The van der Waals surface area contributed by atoms with Crippen LogP contribution in [0.1, 0.15) is 69.2 Å². The van der Waals surface area contributed by atoms with E-state index in [1.165, 1.54) is 18.2 Å². The van der Waals surface area contributed by atoms with Gasteiger partial charge in [-0.05, 0) is 67.4 Å². The van der Waals surface area contributed by atoms with E-state index >= 15 is 0 Å². The summed E-state index contributed by atoms with van der Waals surface area (Å²) in [6.45, 7) is 5.16. The van der Waals surface area contributed by atoms with Crippen LogP contribution in [0.25, 0.3) is 0 Å². The minimum Gasteiger partial charge on any atom is -0.299 e. The number of hydrogen-bond acceptors (Lipinski definition) is 3. The summed E-state index contributed by atoms with van der Waals surface area (Å²) in [5.74, 6) is -0.740. The maximum Gasteiger partial charge on any atom is 0.172 e. The van der Waals surface area contributed by atoms with Crippen molar-refractivity contribution in [1.82, 2.24) is 0 Å². The van der Waals surface area contributed by atoms with Crippen LogP contribution in [0.3, 0.4) is 0 Å². The van der Waals surface area contributed by atoms with Crippen molar-refractivity contribution in [3.8, 4) is 0 Å². The molecule has 6 atom stereocenters. The van der Waals surface area contributed by atoms with E-state index in [0.717, 1.165) is 37.9 Å². The second-order valence-electron chi connectivity index (χ2n) is 10.4. The summed E-state index contributed by atoms with van der Waals surface area (Å²) < 4.78 is 28.7. The van der Waals surface area contributed by atoms with Crippen LogP contribution in [-0.2, 0) is 4.79 Å². The molecule has 0 saturated heterocycles. The molecule has 5 rings (SSSR count). The molecule has 3 fully saturated rings. The Kier molecular flexibility index (Phi) is 4.53. The monoisotopic (exact) mass is 413 g/mol. The molecule has 160 valence electrons. The maximum absolute atomic E-state index is 14.3. The highest BCUT2D eigenvalue weighted by Gasteiger charge is 2.60. The van der Waals surface area contributed by atoms with Crippen molar-refractivity contribution in [2.75, 3.05) is 6.54 Å². The standard InChI is InChI=1S/C25H29F2NO2/c1-24-11-9-17-15(13-28-21-12-14(29)8-10-25(17,21)2)16(24)6-7-18(24)23(30)22-19(26)4-3-5-20(22)27/h3-5,15-18H,6-13H2,1-2H3/t15?,16?,17?,18-,24+,25-/m1/s1. The molecule has 1 aliphatic heterocycles. The molecule has 0 spiro atoms. The summed E-state index contributed by atoms with van der Waals surface area (Å²) in [4.78, 5) is 30.2. The molecule has 3 unspecified atom stereocenters. The van der Waals surface area contributed by atoms with Gasteiger partial charge in [0.1, 0.15) is 17.4 Å². The van der Waals surface area contributed by atoms with Gasteiger partial charge in [0.25, 0.3) is 0 Å². The molecule has 5 heteroatoms. The fourth-order valence-corrected chi connectivity index (χ4v) is 7.54. The van der Waals surface area contributed by atoms with Crippen LogP contribution in [0.5, 0.6) is 0 Å². The second-order valence-corrected chi connectivity index (χ2v) is 10.4. The summed E-state index contributed by atoms with van der Waals surface area (Å²) in [6.07, 6.45) is 5.47. The molecule has 30 heavy (non-hydrogen) atoms. The maximum atomic E-state index is 14.3. The van der Waals surface area contributed by atoms with Gasteiger partial charge in [-0.3, -0.25) is 14.6 Å². The summed E-state index contributed by atoms with van der Waals surface area (Å²) >= 11 is 0. The van der Waals surface area contributed by atoms with Crippen LogP contribution in [0, 0.1) is 46.1 Å². The lowest BCUT2D eigenvalue weighted by molar-refractivity contribution is -0.120. The Hall–Kier alpha value is -1.91. The molecule has 3 saturated carbocycles. The highest BCUT2D eigenvalue weighted by molar-refractivity contribution is 6.07. The number of benzene rings is 1.